The molecule has 3 rings (SSSR count). The first-order chi connectivity index (χ1) is 8.20. The van der Waals surface area contributed by atoms with E-state index in [9.17, 15) is 9.90 Å². The number of aliphatic carboxylic acids is 1. The number of rotatable bonds is 1. The molecule has 1 atom stereocenters. The molecule has 0 amide bonds. The number of hydrogen-bond acceptors (Lipinski definition) is 1. The molecule has 1 heterocycles. The van der Waals surface area contributed by atoms with Crippen LogP contribution in [0.25, 0.3) is 10.9 Å². The van der Waals surface area contributed by atoms with E-state index in [-0.39, 0.29) is 5.92 Å². The van der Waals surface area contributed by atoms with Gasteiger partial charge in [-0.25, -0.2) is 0 Å². The second-order valence-corrected chi connectivity index (χ2v) is 4.72. The van der Waals surface area contributed by atoms with Crippen molar-refractivity contribution in [3.63, 3.8) is 0 Å². The SMILES string of the molecule is Cn1c2c(c3ccccc31)[C@H](C(=O)O)CCC2. The van der Waals surface area contributed by atoms with Crippen molar-refractivity contribution in [1.29, 1.82) is 0 Å². The molecule has 2 aromatic rings. The first-order valence-corrected chi connectivity index (χ1v) is 5.99. The van der Waals surface area contributed by atoms with Crippen LogP contribution >= 0.6 is 0 Å². The third-order valence-corrected chi connectivity index (χ3v) is 3.82. The first kappa shape index (κ1) is 10.4. The Labute approximate surface area is 99.7 Å². The van der Waals surface area contributed by atoms with Gasteiger partial charge in [-0.15, -0.1) is 0 Å². The average molecular weight is 229 g/mol. The summed E-state index contributed by atoms with van der Waals surface area (Å²) in [6.45, 7) is 0. The maximum Gasteiger partial charge on any atom is 0.311 e. The van der Waals surface area contributed by atoms with E-state index in [0.717, 1.165) is 35.7 Å². The van der Waals surface area contributed by atoms with Crippen LogP contribution < -0.4 is 0 Å². The van der Waals surface area contributed by atoms with Crippen LogP contribution in [0.4, 0.5) is 0 Å². The monoisotopic (exact) mass is 229 g/mol. The zero-order chi connectivity index (χ0) is 12.0. The average Bonchev–Trinajstić information content (AvgIpc) is 2.64. The number of hydrogen-bond donors (Lipinski definition) is 1. The van der Waals surface area contributed by atoms with E-state index in [2.05, 4.69) is 10.6 Å². The Hall–Kier alpha value is -1.77. The van der Waals surface area contributed by atoms with Gasteiger partial charge in [0.15, 0.2) is 0 Å². The summed E-state index contributed by atoms with van der Waals surface area (Å²) in [6, 6.07) is 8.08. The van der Waals surface area contributed by atoms with Crippen molar-refractivity contribution in [2.24, 2.45) is 7.05 Å². The van der Waals surface area contributed by atoms with Gasteiger partial charge in [0.05, 0.1) is 5.92 Å². The van der Waals surface area contributed by atoms with Crippen molar-refractivity contribution >= 4 is 16.9 Å². The summed E-state index contributed by atoms with van der Waals surface area (Å²) >= 11 is 0. The van der Waals surface area contributed by atoms with E-state index < -0.39 is 5.97 Å². The van der Waals surface area contributed by atoms with Crippen molar-refractivity contribution < 1.29 is 9.90 Å². The lowest BCUT2D eigenvalue weighted by molar-refractivity contribution is -0.139. The topological polar surface area (TPSA) is 42.2 Å². The lowest BCUT2D eigenvalue weighted by Gasteiger charge is -2.20. The lowest BCUT2D eigenvalue weighted by Crippen LogP contribution is -2.18. The Kier molecular flexibility index (Phi) is 2.21. The van der Waals surface area contributed by atoms with Crippen LogP contribution in [0.15, 0.2) is 24.3 Å². The minimum absolute atomic E-state index is 0.329. The van der Waals surface area contributed by atoms with Crippen molar-refractivity contribution in [3.8, 4) is 0 Å². The zero-order valence-electron chi connectivity index (χ0n) is 9.81. The molecule has 0 radical (unpaired) electrons. The summed E-state index contributed by atoms with van der Waals surface area (Å²) < 4.78 is 2.15. The molecule has 0 unspecified atom stereocenters. The van der Waals surface area contributed by atoms with Gasteiger partial charge in [-0.3, -0.25) is 4.79 Å². The van der Waals surface area contributed by atoms with E-state index in [4.69, 9.17) is 0 Å². The molecule has 1 aromatic carbocycles. The fourth-order valence-corrected chi connectivity index (χ4v) is 3.03. The number of carboxylic acid groups (broad SMARTS) is 1. The van der Waals surface area contributed by atoms with Crippen molar-refractivity contribution in [1.82, 2.24) is 4.57 Å². The molecule has 0 bridgehead atoms. The molecule has 0 aliphatic heterocycles. The second-order valence-electron chi connectivity index (χ2n) is 4.72. The fourth-order valence-electron chi connectivity index (χ4n) is 3.03. The Morgan fingerprint density at radius 2 is 2.18 bits per heavy atom. The van der Waals surface area contributed by atoms with Crippen molar-refractivity contribution in [3.05, 3.63) is 35.5 Å². The molecule has 3 heteroatoms. The highest BCUT2D eigenvalue weighted by Gasteiger charge is 2.30. The minimum Gasteiger partial charge on any atom is -0.481 e. The summed E-state index contributed by atoms with van der Waals surface area (Å²) in [5, 5.41) is 10.5. The van der Waals surface area contributed by atoms with Gasteiger partial charge in [-0.1, -0.05) is 18.2 Å². The molecule has 88 valence electrons. The Morgan fingerprint density at radius 1 is 1.41 bits per heavy atom. The Balaban J connectivity index is 2.35. The Morgan fingerprint density at radius 3 is 2.94 bits per heavy atom. The summed E-state index contributed by atoms with van der Waals surface area (Å²) in [5.74, 6) is -1.02. The van der Waals surface area contributed by atoms with Gasteiger partial charge in [-0.05, 0) is 30.9 Å². The summed E-state index contributed by atoms with van der Waals surface area (Å²) in [4.78, 5) is 11.4. The number of carboxylic acids is 1. The van der Waals surface area contributed by atoms with Crippen LogP contribution in [0.3, 0.4) is 0 Å². The lowest BCUT2D eigenvalue weighted by atomic mass is 9.85. The van der Waals surface area contributed by atoms with Crippen LogP contribution in [0.2, 0.25) is 0 Å². The predicted molar refractivity (Wildman–Crippen MR) is 66.2 cm³/mol. The van der Waals surface area contributed by atoms with Crippen LogP contribution in [-0.2, 0) is 18.3 Å². The van der Waals surface area contributed by atoms with Gasteiger partial charge in [0.25, 0.3) is 0 Å². The van der Waals surface area contributed by atoms with Gasteiger partial charge >= 0.3 is 5.97 Å². The van der Waals surface area contributed by atoms with Crippen molar-refractivity contribution in [2.75, 3.05) is 0 Å². The van der Waals surface area contributed by atoms with Crippen molar-refractivity contribution in [2.45, 2.75) is 25.2 Å². The first-order valence-electron chi connectivity index (χ1n) is 5.99. The molecule has 3 nitrogen and oxygen atoms in total. The molecule has 1 aliphatic rings. The van der Waals surface area contributed by atoms with E-state index in [0.29, 0.717) is 0 Å². The van der Waals surface area contributed by atoms with E-state index >= 15 is 0 Å². The third-order valence-electron chi connectivity index (χ3n) is 3.82. The van der Waals surface area contributed by atoms with E-state index in [1.807, 2.05) is 25.2 Å². The second kappa shape index (κ2) is 3.62. The number of benzene rings is 1. The smallest absolute Gasteiger partial charge is 0.311 e. The predicted octanol–water partition coefficient (Wildman–Crippen LogP) is 2.68. The van der Waals surface area contributed by atoms with Crippen LogP contribution in [0, 0.1) is 0 Å². The number of fused-ring (bicyclic) bond motifs is 3. The van der Waals surface area contributed by atoms with Gasteiger partial charge in [-0.2, -0.15) is 0 Å². The quantitative estimate of drug-likeness (QED) is 0.816. The zero-order valence-corrected chi connectivity index (χ0v) is 9.81. The summed E-state index contributed by atoms with van der Waals surface area (Å²) in [6.07, 6.45) is 2.72. The Bertz CT molecular complexity index is 598. The standard InChI is InChI=1S/C14H15NO2/c1-15-11-7-3-2-5-9(11)13-10(14(16)17)6-4-8-12(13)15/h2-3,5,7,10H,4,6,8H2,1H3,(H,16,17)/t10-/m1/s1. The molecule has 0 fully saturated rings. The van der Waals surface area contributed by atoms with Gasteiger partial charge in [0, 0.05) is 23.6 Å². The highest BCUT2D eigenvalue weighted by atomic mass is 16.4. The van der Waals surface area contributed by atoms with Gasteiger partial charge < -0.3 is 9.67 Å². The van der Waals surface area contributed by atoms with E-state index in [1.54, 1.807) is 0 Å². The minimum atomic E-state index is -0.692. The number of nitrogens with zero attached hydrogens (tertiary/aromatic N) is 1. The summed E-state index contributed by atoms with van der Waals surface area (Å²) in [7, 11) is 2.03. The van der Waals surface area contributed by atoms with Crippen LogP contribution in [0.1, 0.15) is 30.0 Å². The molecule has 0 saturated carbocycles. The molecule has 17 heavy (non-hydrogen) atoms. The molecule has 0 saturated heterocycles. The molecule has 0 spiro atoms. The maximum absolute atomic E-state index is 11.4. The molecule has 1 aliphatic carbocycles. The largest absolute Gasteiger partial charge is 0.481 e. The highest BCUT2D eigenvalue weighted by molar-refractivity contribution is 5.91. The van der Waals surface area contributed by atoms with E-state index in [1.165, 1.54) is 5.69 Å². The fraction of sp³-hybridized carbons (Fsp3) is 0.357. The number of para-hydroxylation sites is 1. The third kappa shape index (κ3) is 1.38. The van der Waals surface area contributed by atoms with Gasteiger partial charge in [0.2, 0.25) is 0 Å². The van der Waals surface area contributed by atoms with Crippen LogP contribution in [0.5, 0.6) is 0 Å². The highest BCUT2D eigenvalue weighted by Crippen LogP contribution is 2.38. The molecular formula is C14H15NO2. The number of carbonyl (C=O) groups is 1. The van der Waals surface area contributed by atoms with Crippen LogP contribution in [-0.4, -0.2) is 15.6 Å². The molecule has 1 N–H and O–H groups in total. The summed E-state index contributed by atoms with van der Waals surface area (Å²) in [5.41, 5.74) is 3.39. The van der Waals surface area contributed by atoms with Gasteiger partial charge in [0.1, 0.15) is 0 Å². The maximum atomic E-state index is 11.4. The molecular weight excluding hydrogens is 214 g/mol. The normalized spacial score (nSPS) is 19.2. The molecule has 1 aromatic heterocycles. The number of aromatic nitrogens is 1. The number of aryl methyl sites for hydroxylation is 1.